The smallest absolute Gasteiger partial charge is 0.335 e. The largest absolute Gasteiger partial charge is 0.370 e. The molecule has 5 heteroatoms. The van der Waals surface area contributed by atoms with Gasteiger partial charge < -0.3 is 9.84 Å². The quantitative estimate of drug-likeness (QED) is 0.800. The van der Waals surface area contributed by atoms with E-state index in [1.165, 1.54) is 4.74 Å². The fourth-order valence-electron chi connectivity index (χ4n) is 2.73. The van der Waals surface area contributed by atoms with Crippen molar-refractivity contribution >= 4 is 11.6 Å². The van der Waals surface area contributed by atoms with Crippen molar-refractivity contribution in [2.45, 2.75) is 13.3 Å². The maximum atomic E-state index is 12.7. The molecular formula is C19H18N2O3. The topological polar surface area (TPSA) is 64.2 Å². The van der Waals surface area contributed by atoms with Crippen LogP contribution in [0.2, 0.25) is 0 Å². The van der Waals surface area contributed by atoms with Crippen molar-refractivity contribution in [1.29, 1.82) is 0 Å². The number of benzene rings is 2. The highest BCUT2D eigenvalue weighted by Gasteiger charge is 2.24. The summed E-state index contributed by atoms with van der Waals surface area (Å²) in [6, 6.07) is 16.8. The van der Waals surface area contributed by atoms with Gasteiger partial charge in [-0.1, -0.05) is 55.5 Å². The molecule has 1 amide bonds. The third kappa shape index (κ3) is 2.88. The Balaban J connectivity index is 2.04. The molecule has 0 fully saturated rings. The molecular weight excluding hydrogens is 304 g/mol. The molecule has 0 radical (unpaired) electrons. The molecule has 122 valence electrons. The van der Waals surface area contributed by atoms with E-state index >= 15 is 0 Å². The fourth-order valence-corrected chi connectivity index (χ4v) is 2.73. The first kappa shape index (κ1) is 15.8. The number of hydrogen-bond donors (Lipinski definition) is 1. The van der Waals surface area contributed by atoms with Crippen molar-refractivity contribution in [3.8, 4) is 11.3 Å². The second-order valence-corrected chi connectivity index (χ2v) is 5.43. The van der Waals surface area contributed by atoms with Crippen LogP contribution >= 0.6 is 0 Å². The van der Waals surface area contributed by atoms with Gasteiger partial charge in [-0.25, -0.2) is 9.53 Å². The van der Waals surface area contributed by atoms with E-state index in [4.69, 9.17) is 4.52 Å². The summed E-state index contributed by atoms with van der Waals surface area (Å²) in [5.41, 5.74) is 2.28. The molecule has 2 aromatic carbocycles. The first-order chi connectivity index (χ1) is 11.6. The normalized spacial score (nSPS) is 10.6. The molecule has 0 saturated carbocycles. The SMILES string of the molecule is CCc1ccccc1NC(=O)c1c(-c2ccccc2)n(C)oc1=O. The van der Waals surface area contributed by atoms with Crippen molar-refractivity contribution < 1.29 is 9.32 Å². The van der Waals surface area contributed by atoms with E-state index in [9.17, 15) is 9.59 Å². The van der Waals surface area contributed by atoms with Crippen LogP contribution in [-0.4, -0.2) is 10.6 Å². The van der Waals surface area contributed by atoms with Crippen molar-refractivity contribution in [1.82, 2.24) is 4.74 Å². The average molecular weight is 322 g/mol. The predicted molar refractivity (Wildman–Crippen MR) is 93.2 cm³/mol. The molecule has 24 heavy (non-hydrogen) atoms. The molecule has 5 nitrogen and oxygen atoms in total. The van der Waals surface area contributed by atoms with Crippen molar-refractivity contribution in [3.05, 3.63) is 76.1 Å². The van der Waals surface area contributed by atoms with Gasteiger partial charge in [0.15, 0.2) is 5.56 Å². The summed E-state index contributed by atoms with van der Waals surface area (Å²) in [7, 11) is 1.61. The van der Waals surface area contributed by atoms with Gasteiger partial charge in [0.05, 0.1) is 0 Å². The minimum absolute atomic E-state index is 0.00889. The van der Waals surface area contributed by atoms with Gasteiger partial charge in [-0.15, -0.1) is 0 Å². The molecule has 1 aromatic heterocycles. The molecule has 1 N–H and O–H groups in total. The summed E-state index contributed by atoms with van der Waals surface area (Å²) < 4.78 is 6.45. The number of rotatable bonds is 4. The maximum absolute atomic E-state index is 12.7. The summed E-state index contributed by atoms with van der Waals surface area (Å²) in [5, 5.41) is 2.83. The Labute approximate surface area is 139 Å². The number of hydrogen-bond acceptors (Lipinski definition) is 3. The van der Waals surface area contributed by atoms with E-state index in [1.54, 1.807) is 7.05 Å². The number of carbonyl (C=O) groups is 1. The summed E-state index contributed by atoms with van der Waals surface area (Å²) in [6.07, 6.45) is 0.783. The zero-order chi connectivity index (χ0) is 17.1. The van der Waals surface area contributed by atoms with Crippen LogP contribution in [0.4, 0.5) is 5.69 Å². The van der Waals surface area contributed by atoms with Crippen LogP contribution in [0.5, 0.6) is 0 Å². The Hall–Kier alpha value is -3.08. The Bertz CT molecular complexity index is 923. The zero-order valence-electron chi connectivity index (χ0n) is 13.6. The number of nitrogens with zero attached hydrogens (tertiary/aromatic N) is 1. The lowest BCUT2D eigenvalue weighted by atomic mass is 10.1. The van der Waals surface area contributed by atoms with E-state index < -0.39 is 11.5 Å². The van der Waals surface area contributed by atoms with Gasteiger partial charge in [-0.05, 0) is 18.1 Å². The molecule has 0 unspecified atom stereocenters. The maximum Gasteiger partial charge on any atom is 0.370 e. The molecule has 1 heterocycles. The molecule has 0 bridgehead atoms. The molecule has 3 rings (SSSR count). The molecule has 3 aromatic rings. The molecule has 0 aliphatic heterocycles. The number of nitrogens with one attached hydrogen (secondary N) is 1. The first-order valence-electron chi connectivity index (χ1n) is 7.76. The second-order valence-electron chi connectivity index (χ2n) is 5.43. The summed E-state index contributed by atoms with van der Waals surface area (Å²) >= 11 is 0. The molecule has 0 saturated heterocycles. The third-order valence-corrected chi connectivity index (χ3v) is 3.90. The van der Waals surface area contributed by atoms with Crippen LogP contribution < -0.4 is 10.9 Å². The van der Waals surface area contributed by atoms with Gasteiger partial charge >= 0.3 is 5.63 Å². The highest BCUT2D eigenvalue weighted by molar-refractivity contribution is 6.08. The Morgan fingerprint density at radius 1 is 1.08 bits per heavy atom. The standard InChI is InChI=1S/C19H18N2O3/c1-3-13-9-7-8-12-15(13)20-18(22)16-17(21(2)24-19(16)23)14-10-5-4-6-11-14/h4-12H,3H2,1-2H3,(H,20,22). The Morgan fingerprint density at radius 3 is 2.46 bits per heavy atom. The van der Waals surface area contributed by atoms with E-state index in [0.717, 1.165) is 17.5 Å². The Morgan fingerprint density at radius 2 is 1.75 bits per heavy atom. The van der Waals surface area contributed by atoms with Gasteiger partial charge in [-0.2, -0.15) is 0 Å². The van der Waals surface area contributed by atoms with Crippen LogP contribution in [0.1, 0.15) is 22.8 Å². The van der Waals surface area contributed by atoms with E-state index in [0.29, 0.717) is 11.4 Å². The monoisotopic (exact) mass is 322 g/mol. The number of carbonyl (C=O) groups excluding carboxylic acids is 1. The highest BCUT2D eigenvalue weighted by Crippen LogP contribution is 2.23. The van der Waals surface area contributed by atoms with Gasteiger partial charge in [0, 0.05) is 18.3 Å². The van der Waals surface area contributed by atoms with Crippen LogP contribution in [0.3, 0.4) is 0 Å². The number of para-hydroxylation sites is 1. The van der Waals surface area contributed by atoms with Crippen molar-refractivity contribution in [3.63, 3.8) is 0 Å². The van der Waals surface area contributed by atoms with Gasteiger partial charge in [0.2, 0.25) is 0 Å². The number of aromatic nitrogens is 1. The van der Waals surface area contributed by atoms with E-state index in [1.807, 2.05) is 61.5 Å². The molecule has 0 atom stereocenters. The van der Waals surface area contributed by atoms with Gasteiger partial charge in [0.1, 0.15) is 5.69 Å². The predicted octanol–water partition coefficient (Wildman–Crippen LogP) is 3.46. The number of amides is 1. The van der Waals surface area contributed by atoms with Crippen LogP contribution in [0, 0.1) is 0 Å². The summed E-state index contributed by atoms with van der Waals surface area (Å²) in [5.74, 6) is -0.468. The van der Waals surface area contributed by atoms with E-state index in [-0.39, 0.29) is 5.56 Å². The van der Waals surface area contributed by atoms with Crippen molar-refractivity contribution in [2.24, 2.45) is 7.05 Å². The molecule has 0 aliphatic carbocycles. The molecule has 0 aliphatic rings. The first-order valence-corrected chi connectivity index (χ1v) is 7.76. The highest BCUT2D eigenvalue weighted by atomic mass is 16.5. The lowest BCUT2D eigenvalue weighted by Gasteiger charge is -2.09. The molecule has 0 spiro atoms. The second kappa shape index (κ2) is 6.58. The third-order valence-electron chi connectivity index (χ3n) is 3.90. The summed E-state index contributed by atoms with van der Waals surface area (Å²) in [6.45, 7) is 2.01. The van der Waals surface area contributed by atoms with Gasteiger partial charge in [0.25, 0.3) is 5.91 Å². The number of anilines is 1. The van der Waals surface area contributed by atoms with Crippen LogP contribution in [-0.2, 0) is 13.5 Å². The van der Waals surface area contributed by atoms with Crippen LogP contribution in [0.25, 0.3) is 11.3 Å². The fraction of sp³-hybridized carbons (Fsp3) is 0.158. The zero-order valence-corrected chi connectivity index (χ0v) is 13.6. The number of aryl methyl sites for hydroxylation is 2. The minimum atomic E-state index is -0.650. The summed E-state index contributed by atoms with van der Waals surface area (Å²) in [4.78, 5) is 24.9. The average Bonchev–Trinajstić information content (AvgIpc) is 2.90. The van der Waals surface area contributed by atoms with Gasteiger partial charge in [-0.3, -0.25) is 4.79 Å². The van der Waals surface area contributed by atoms with E-state index in [2.05, 4.69) is 5.32 Å². The minimum Gasteiger partial charge on any atom is -0.335 e. The Kier molecular flexibility index (Phi) is 4.33. The lowest BCUT2D eigenvalue weighted by molar-refractivity contribution is 0.102. The lowest BCUT2D eigenvalue weighted by Crippen LogP contribution is -2.20. The van der Waals surface area contributed by atoms with Crippen molar-refractivity contribution in [2.75, 3.05) is 5.32 Å². The van der Waals surface area contributed by atoms with Crippen LogP contribution in [0.15, 0.2) is 63.9 Å².